The molecule has 4 nitrogen and oxygen atoms in total. The van der Waals surface area contributed by atoms with Gasteiger partial charge in [-0.2, -0.15) is 0 Å². The third-order valence-electron chi connectivity index (χ3n) is 3.03. The molecule has 0 aliphatic carbocycles. The standard InChI is InChI=1S/C21H28O4/c1-16-7-6-10-19(13-16)25-15-18(22)9-5-4-8-17-11-12-20(23-2)21(14-17)24-3/h6-7,10-14,18,22H,4-5,8-9,15H2,1-3H3/i2D3,6D,7D,8D2,10D,11D,12D,13D,14D,15D2. The maximum absolute atomic E-state index is 10.4. The number of benzene rings is 2. The van der Waals surface area contributed by atoms with Crippen molar-refractivity contribution in [2.45, 2.75) is 38.7 Å². The predicted molar refractivity (Wildman–Crippen MR) is 99.8 cm³/mol. The summed E-state index contributed by atoms with van der Waals surface area (Å²) in [6.07, 6.45) is -5.43. The summed E-state index contributed by atoms with van der Waals surface area (Å²) in [5.41, 5.74) is -0.594. The molecule has 0 heterocycles. The van der Waals surface area contributed by atoms with Crippen molar-refractivity contribution in [1.82, 2.24) is 0 Å². The van der Waals surface area contributed by atoms with Crippen LogP contribution in [-0.2, 0) is 6.37 Å². The fraction of sp³-hybridized carbons (Fsp3) is 0.429. The Bertz CT molecular complexity index is 1200. The van der Waals surface area contributed by atoms with Gasteiger partial charge >= 0.3 is 0 Å². The maximum atomic E-state index is 10.4. The topological polar surface area (TPSA) is 47.9 Å². The number of methoxy groups -OCH3 is 2. The molecule has 2 aromatic carbocycles. The zero-order valence-corrected chi connectivity index (χ0v) is 13.9. The van der Waals surface area contributed by atoms with E-state index in [9.17, 15) is 5.11 Å². The molecule has 4 heteroatoms. The molecule has 0 aromatic heterocycles. The zero-order valence-electron chi connectivity index (χ0n) is 27.9. The molecule has 1 unspecified atom stereocenters. The summed E-state index contributed by atoms with van der Waals surface area (Å²) in [7, 11) is -1.96. The molecule has 1 N–H and O–H groups in total. The molecule has 136 valence electrons. The molecule has 0 saturated heterocycles. The number of hydrogen-bond acceptors (Lipinski definition) is 4. The molecule has 0 aliphatic rings. The van der Waals surface area contributed by atoms with E-state index in [1.807, 2.05) is 0 Å². The highest BCUT2D eigenvalue weighted by Gasteiger charge is 2.07. The number of ether oxygens (including phenoxy) is 3. The molecule has 25 heavy (non-hydrogen) atoms. The molecule has 0 fully saturated rings. The Morgan fingerprint density at radius 3 is 2.84 bits per heavy atom. The van der Waals surface area contributed by atoms with Crippen LogP contribution in [0.5, 0.6) is 17.2 Å². The van der Waals surface area contributed by atoms with Gasteiger partial charge in [0.05, 0.1) is 36.7 Å². The molecule has 2 aromatic rings. The van der Waals surface area contributed by atoms with Gasteiger partial charge in [0.25, 0.3) is 0 Å². The van der Waals surface area contributed by atoms with Crippen molar-refractivity contribution in [3.05, 3.63) is 53.4 Å². The number of hydrogen-bond donors (Lipinski definition) is 1. The highest BCUT2D eigenvalue weighted by molar-refractivity contribution is 5.42. The molecule has 2 rings (SSSR count). The van der Waals surface area contributed by atoms with Gasteiger partial charge in [-0.1, -0.05) is 24.5 Å². The van der Waals surface area contributed by atoms with Gasteiger partial charge in [-0.05, 0) is 61.4 Å². The van der Waals surface area contributed by atoms with E-state index in [1.165, 1.54) is 6.92 Å². The van der Waals surface area contributed by atoms with Gasteiger partial charge in [-0.15, -0.1) is 0 Å². The van der Waals surface area contributed by atoms with Gasteiger partial charge in [0.2, 0.25) is 0 Å². The first-order valence-electron chi connectivity index (χ1n) is 14.5. The smallest absolute Gasteiger partial charge is 0.160 e. The first-order chi connectivity index (χ1) is 17.7. The number of rotatable bonds is 10. The molecule has 0 radical (unpaired) electrons. The Hall–Kier alpha value is -2.20. The van der Waals surface area contributed by atoms with Crippen molar-refractivity contribution in [2.24, 2.45) is 0 Å². The molecule has 0 bridgehead atoms. The van der Waals surface area contributed by atoms with Crippen LogP contribution < -0.4 is 14.2 Å². The minimum atomic E-state index is -3.02. The second-order valence-electron chi connectivity index (χ2n) is 4.97. The van der Waals surface area contributed by atoms with E-state index >= 15 is 0 Å². The van der Waals surface area contributed by atoms with E-state index in [1.54, 1.807) is 0 Å². The highest BCUT2D eigenvalue weighted by atomic mass is 16.5. The molecule has 1 atom stereocenters. The Balaban J connectivity index is 2.27. The Morgan fingerprint density at radius 2 is 2.04 bits per heavy atom. The summed E-state index contributed by atoms with van der Waals surface area (Å²) < 4.78 is 125. The van der Waals surface area contributed by atoms with Gasteiger partial charge < -0.3 is 19.3 Å². The summed E-state index contributed by atoms with van der Waals surface area (Å²) in [4.78, 5) is 0. The minimum Gasteiger partial charge on any atom is -0.493 e. The molecule has 0 spiro atoms. The molecule has 0 amide bonds. The van der Waals surface area contributed by atoms with E-state index in [0.717, 1.165) is 7.11 Å². The van der Waals surface area contributed by atoms with Crippen LogP contribution in [0.3, 0.4) is 0 Å². The summed E-state index contributed by atoms with van der Waals surface area (Å²) in [6.45, 7) is -1.53. The zero-order chi connectivity index (χ0) is 30.2. The monoisotopic (exact) mass is 358 g/mol. The van der Waals surface area contributed by atoms with Crippen molar-refractivity contribution in [1.29, 1.82) is 0 Å². The quantitative estimate of drug-likeness (QED) is 0.693. The van der Waals surface area contributed by atoms with E-state index in [4.69, 9.17) is 33.4 Å². The summed E-state index contributed by atoms with van der Waals surface area (Å²) in [6, 6.07) is -4.43. The maximum Gasteiger partial charge on any atom is 0.160 e. The van der Waals surface area contributed by atoms with Crippen molar-refractivity contribution < 1.29 is 38.5 Å². The van der Waals surface area contributed by atoms with Gasteiger partial charge in [0, 0.05) is 2.74 Å². The molecular weight excluding hydrogens is 316 g/mol. The Morgan fingerprint density at radius 1 is 1.16 bits per heavy atom. The van der Waals surface area contributed by atoms with E-state index in [0.29, 0.717) is 0 Å². The van der Waals surface area contributed by atoms with Gasteiger partial charge in [-0.3, -0.25) is 0 Å². The first kappa shape index (κ1) is 7.58. The third kappa shape index (κ3) is 6.31. The lowest BCUT2D eigenvalue weighted by atomic mass is 10.0. The number of aliphatic hydroxyl groups excluding tert-OH is 1. The van der Waals surface area contributed by atoms with Crippen LogP contribution in [0.4, 0.5) is 0 Å². The minimum absolute atomic E-state index is 0.0126. The van der Waals surface area contributed by atoms with Gasteiger partial charge in [-0.25, -0.2) is 0 Å². The fourth-order valence-electron chi connectivity index (χ4n) is 1.84. The summed E-state index contributed by atoms with van der Waals surface area (Å²) in [5.74, 6) is -1.88. The van der Waals surface area contributed by atoms with Crippen molar-refractivity contribution >= 4 is 0 Å². The van der Waals surface area contributed by atoms with Crippen LogP contribution in [0.1, 0.15) is 49.6 Å². The predicted octanol–water partition coefficient (Wildman–Crippen LogP) is 4.16. The average Bonchev–Trinajstić information content (AvgIpc) is 2.81. The van der Waals surface area contributed by atoms with Gasteiger partial charge in [0.15, 0.2) is 11.5 Å². The van der Waals surface area contributed by atoms with Crippen LogP contribution in [0.15, 0.2) is 42.3 Å². The second-order valence-corrected chi connectivity index (χ2v) is 4.97. The molecular formula is C21H28O4. The third-order valence-corrected chi connectivity index (χ3v) is 3.03. The summed E-state index contributed by atoms with van der Waals surface area (Å²) in [5, 5.41) is 10.4. The van der Waals surface area contributed by atoms with Crippen molar-refractivity contribution in [3.63, 3.8) is 0 Å². The lowest BCUT2D eigenvalue weighted by Crippen LogP contribution is -2.17. The SMILES string of the molecule is [2H]c1c([2H])c(C)c([2H])c(OC([2H])([2H])C(O)CCCC([2H])([2H])c2c([2H])c([2H])c(OC([2H])([2H])[2H])c(OC)c2[2H])c1[2H]. The Labute approximate surface area is 170 Å². The van der Waals surface area contributed by atoms with Crippen LogP contribution in [0.2, 0.25) is 0 Å². The highest BCUT2D eigenvalue weighted by Crippen LogP contribution is 2.28. The van der Waals surface area contributed by atoms with Gasteiger partial charge in [0.1, 0.15) is 12.3 Å². The first-order valence-corrected chi connectivity index (χ1v) is 7.49. The van der Waals surface area contributed by atoms with E-state index in [2.05, 4.69) is 0 Å². The van der Waals surface area contributed by atoms with Crippen LogP contribution in [0, 0.1) is 6.92 Å². The normalized spacial score (nSPS) is 21.6. The lowest BCUT2D eigenvalue weighted by Gasteiger charge is -2.13. The van der Waals surface area contributed by atoms with E-state index in [-0.39, 0.29) is 18.0 Å². The van der Waals surface area contributed by atoms with Crippen molar-refractivity contribution in [3.8, 4) is 17.2 Å². The molecule has 0 aliphatic heterocycles. The lowest BCUT2D eigenvalue weighted by molar-refractivity contribution is 0.0976. The average molecular weight is 359 g/mol. The van der Waals surface area contributed by atoms with Crippen LogP contribution >= 0.6 is 0 Å². The van der Waals surface area contributed by atoms with E-state index < -0.39 is 98.0 Å². The fourth-order valence-corrected chi connectivity index (χ4v) is 1.84. The van der Waals surface area contributed by atoms with Crippen LogP contribution in [-0.4, -0.2) is 31.9 Å². The Kier molecular flexibility index (Phi) is 3.02. The largest absolute Gasteiger partial charge is 0.493 e. The summed E-state index contributed by atoms with van der Waals surface area (Å²) >= 11 is 0. The van der Waals surface area contributed by atoms with Crippen LogP contribution in [0.25, 0.3) is 0 Å². The second kappa shape index (κ2) is 9.94. The molecule has 0 saturated carbocycles. The number of aliphatic hydroxyl groups is 1. The van der Waals surface area contributed by atoms with Crippen molar-refractivity contribution in [2.75, 3.05) is 20.7 Å².